The summed E-state index contributed by atoms with van der Waals surface area (Å²) in [6.45, 7) is 14.2. The van der Waals surface area contributed by atoms with Crippen molar-refractivity contribution in [3.63, 3.8) is 0 Å². The van der Waals surface area contributed by atoms with Crippen LogP contribution in [0.3, 0.4) is 0 Å². The van der Waals surface area contributed by atoms with E-state index < -0.39 is 64.5 Å². The van der Waals surface area contributed by atoms with Crippen molar-refractivity contribution in [1.82, 2.24) is 30.3 Å². The average Bonchev–Trinajstić information content (AvgIpc) is 3.32. The highest BCUT2D eigenvalue weighted by Crippen LogP contribution is 2.45. The molecule has 14 heteroatoms. The molecule has 3 amide bonds. The topological polar surface area (TPSA) is 174 Å². The third kappa shape index (κ3) is 7.53. The van der Waals surface area contributed by atoms with Gasteiger partial charge in [-0.2, -0.15) is 5.10 Å². The molecular weight excluding hydrogens is 644 g/mol. The molecule has 1 saturated carbocycles. The molecular formula is C36H46N6O8. The number of carboxylic acid groups (broad SMARTS) is 1. The number of benzene rings is 1. The monoisotopic (exact) mass is 690 g/mol. The van der Waals surface area contributed by atoms with Gasteiger partial charge in [0.15, 0.2) is 0 Å². The molecule has 5 rings (SSSR count). The maximum absolute atomic E-state index is 14.4. The Labute approximate surface area is 291 Å². The minimum absolute atomic E-state index is 0.0212. The lowest BCUT2D eigenvalue weighted by atomic mass is 9.85. The molecule has 0 radical (unpaired) electrons. The van der Waals surface area contributed by atoms with Crippen LogP contribution in [-0.2, 0) is 26.2 Å². The number of nitrogens with one attached hydrogen (secondary N) is 2. The molecule has 1 aliphatic heterocycles. The minimum atomic E-state index is -1.51. The molecule has 5 atom stereocenters. The Bertz CT molecular complexity index is 1820. The van der Waals surface area contributed by atoms with Crippen molar-refractivity contribution < 1.29 is 38.5 Å². The van der Waals surface area contributed by atoms with Crippen LogP contribution in [0.4, 0.5) is 4.79 Å². The van der Waals surface area contributed by atoms with Crippen LogP contribution in [0.25, 0.3) is 22.2 Å². The number of carbonyl (C=O) groups is 4. The van der Waals surface area contributed by atoms with Gasteiger partial charge < -0.3 is 34.9 Å². The molecule has 2 fully saturated rings. The lowest BCUT2D eigenvalue weighted by Crippen LogP contribution is -2.59. The molecule has 1 unspecified atom stereocenters. The first-order chi connectivity index (χ1) is 23.3. The Kier molecular flexibility index (Phi) is 9.61. The Morgan fingerprint density at radius 2 is 1.86 bits per heavy atom. The van der Waals surface area contributed by atoms with Crippen LogP contribution in [0.15, 0.2) is 49.3 Å². The van der Waals surface area contributed by atoms with Gasteiger partial charge in [-0.3, -0.25) is 14.3 Å². The Balaban J connectivity index is 1.51. The van der Waals surface area contributed by atoms with Gasteiger partial charge in [-0.05, 0) is 44.7 Å². The number of hydrogen-bond acceptors (Lipinski definition) is 9. The lowest BCUT2D eigenvalue weighted by molar-refractivity contribution is -0.146. The van der Waals surface area contributed by atoms with E-state index >= 15 is 0 Å². The zero-order valence-electron chi connectivity index (χ0n) is 29.8. The van der Waals surface area contributed by atoms with E-state index in [1.165, 1.54) is 11.0 Å². The molecule has 3 N–H and O–H groups in total. The van der Waals surface area contributed by atoms with E-state index in [9.17, 15) is 24.3 Å². The smallest absolute Gasteiger partial charge is 0.408 e. The first-order valence-corrected chi connectivity index (χ1v) is 16.5. The summed E-state index contributed by atoms with van der Waals surface area (Å²) in [4.78, 5) is 59.8. The highest BCUT2D eigenvalue weighted by atomic mass is 16.6. The molecule has 50 heavy (non-hydrogen) atoms. The van der Waals surface area contributed by atoms with Crippen LogP contribution in [0.2, 0.25) is 0 Å². The Morgan fingerprint density at radius 3 is 2.42 bits per heavy atom. The van der Waals surface area contributed by atoms with Crippen LogP contribution in [-0.4, -0.2) is 91.6 Å². The summed E-state index contributed by atoms with van der Waals surface area (Å²) in [7, 11) is 3.37. The predicted molar refractivity (Wildman–Crippen MR) is 184 cm³/mol. The summed E-state index contributed by atoms with van der Waals surface area (Å²) in [5.41, 5.74) is -1.17. The number of methoxy groups -OCH3 is 1. The van der Waals surface area contributed by atoms with Gasteiger partial charge in [0.2, 0.25) is 11.8 Å². The summed E-state index contributed by atoms with van der Waals surface area (Å²) in [6.07, 6.45) is 3.78. The number of alkyl carbamates (subject to hydrolysis) is 1. The van der Waals surface area contributed by atoms with Gasteiger partial charge >= 0.3 is 12.1 Å². The molecule has 3 aromatic rings. The van der Waals surface area contributed by atoms with Gasteiger partial charge in [-0.25, -0.2) is 14.6 Å². The molecule has 14 nitrogen and oxygen atoms in total. The number of aliphatic carboxylic acids is 1. The molecule has 3 heterocycles. The van der Waals surface area contributed by atoms with Crippen molar-refractivity contribution in [2.75, 3.05) is 13.7 Å². The number of fused-ring (bicyclic) bond motifs is 1. The number of aryl methyl sites for hydroxylation is 1. The van der Waals surface area contributed by atoms with Crippen molar-refractivity contribution in [3.8, 4) is 22.8 Å². The fraction of sp³-hybridized carbons (Fsp3) is 0.500. The van der Waals surface area contributed by atoms with Crippen molar-refractivity contribution in [2.45, 2.75) is 83.7 Å². The number of carboxylic acids is 1. The average molecular weight is 691 g/mol. The number of pyridine rings is 1. The van der Waals surface area contributed by atoms with Crippen LogP contribution >= 0.6 is 0 Å². The number of ether oxygens (including phenoxy) is 3. The third-order valence-corrected chi connectivity index (χ3v) is 8.92. The van der Waals surface area contributed by atoms with Crippen molar-refractivity contribution >= 4 is 34.8 Å². The Morgan fingerprint density at radius 1 is 1.14 bits per heavy atom. The second-order valence-electron chi connectivity index (χ2n) is 15.0. The first kappa shape index (κ1) is 36.1. The van der Waals surface area contributed by atoms with Gasteiger partial charge in [0.1, 0.15) is 40.8 Å². The third-order valence-electron chi connectivity index (χ3n) is 8.92. The first-order valence-electron chi connectivity index (χ1n) is 16.5. The SMILES string of the molecule is C=C[C@H]1CC1(NC(=O)[C@@H]1C[C@@H](Oc2cc(-c3cnn(C)c3)nc3cc(OC)ccc23)CN1C(=O)[C@@H](NC(=O)OC(C)(C)C)C(C)(C)C)C(=O)O. The van der Waals surface area contributed by atoms with E-state index in [0.717, 1.165) is 5.56 Å². The molecule has 0 bridgehead atoms. The zero-order chi connectivity index (χ0) is 36.8. The quantitative estimate of drug-likeness (QED) is 0.263. The minimum Gasteiger partial charge on any atom is -0.497 e. The lowest BCUT2D eigenvalue weighted by Gasteiger charge is -2.35. The van der Waals surface area contributed by atoms with Crippen molar-refractivity contribution in [2.24, 2.45) is 18.4 Å². The maximum Gasteiger partial charge on any atom is 0.408 e. The summed E-state index contributed by atoms with van der Waals surface area (Å²) in [5.74, 6) is -1.74. The summed E-state index contributed by atoms with van der Waals surface area (Å²) in [6, 6.07) is 4.99. The fourth-order valence-corrected chi connectivity index (χ4v) is 6.22. The normalized spacial score (nSPS) is 22.4. The summed E-state index contributed by atoms with van der Waals surface area (Å²) >= 11 is 0. The van der Waals surface area contributed by atoms with E-state index in [0.29, 0.717) is 28.1 Å². The van der Waals surface area contributed by atoms with E-state index in [1.807, 2.05) is 12.3 Å². The van der Waals surface area contributed by atoms with Gasteiger partial charge in [-0.1, -0.05) is 26.8 Å². The van der Waals surface area contributed by atoms with Gasteiger partial charge in [0.25, 0.3) is 0 Å². The van der Waals surface area contributed by atoms with E-state index in [4.69, 9.17) is 19.2 Å². The number of amides is 3. The Hall–Kier alpha value is -5.14. The number of carbonyl (C=O) groups excluding carboxylic acids is 3. The second-order valence-corrected chi connectivity index (χ2v) is 15.0. The van der Waals surface area contributed by atoms with Crippen LogP contribution < -0.4 is 20.1 Å². The van der Waals surface area contributed by atoms with Crippen LogP contribution in [0.5, 0.6) is 11.5 Å². The van der Waals surface area contributed by atoms with Crippen molar-refractivity contribution in [3.05, 3.63) is 49.3 Å². The van der Waals surface area contributed by atoms with Gasteiger partial charge in [-0.15, -0.1) is 6.58 Å². The molecule has 0 spiro atoms. The van der Waals surface area contributed by atoms with E-state index in [2.05, 4.69) is 22.3 Å². The maximum atomic E-state index is 14.4. The zero-order valence-corrected chi connectivity index (χ0v) is 29.8. The molecule has 2 aliphatic rings. The molecule has 1 saturated heterocycles. The number of nitrogens with zero attached hydrogens (tertiary/aromatic N) is 4. The highest BCUT2D eigenvalue weighted by Gasteiger charge is 2.61. The van der Waals surface area contributed by atoms with E-state index in [1.54, 1.807) is 84.8 Å². The molecule has 2 aromatic heterocycles. The standard InChI is InChI=1S/C36H46N6O8/c1-10-21-16-36(21,32(45)46)40-30(43)27-14-23(19-42(27)31(44)29(34(2,3)4)39-33(47)50-35(5,6)7)49-28-15-25(20-17-37-41(8)18-20)38-26-13-22(48-9)11-12-24(26)28/h10-13,15,17-18,21,23,27,29H,1,14,16,19H2,2-9H3,(H,39,47)(H,40,43)(H,45,46)/t21-,23+,27-,29+,36?/m0/s1. The van der Waals surface area contributed by atoms with Crippen molar-refractivity contribution in [1.29, 1.82) is 0 Å². The molecule has 1 aromatic carbocycles. The second kappa shape index (κ2) is 13.3. The highest BCUT2D eigenvalue weighted by molar-refractivity contribution is 5.96. The number of hydrogen-bond donors (Lipinski definition) is 3. The summed E-state index contributed by atoms with van der Waals surface area (Å²) in [5, 5.41) is 20.4. The largest absolute Gasteiger partial charge is 0.497 e. The van der Waals surface area contributed by atoms with Gasteiger partial charge in [0, 0.05) is 48.7 Å². The molecule has 1 aliphatic carbocycles. The molecule has 268 valence electrons. The van der Waals surface area contributed by atoms with Crippen LogP contribution in [0, 0.1) is 11.3 Å². The number of likely N-dealkylation sites (tertiary alicyclic amines) is 1. The van der Waals surface area contributed by atoms with Crippen LogP contribution in [0.1, 0.15) is 54.4 Å². The fourth-order valence-electron chi connectivity index (χ4n) is 6.22. The number of rotatable bonds is 10. The number of aromatic nitrogens is 3. The predicted octanol–water partition coefficient (Wildman–Crippen LogP) is 4.08. The van der Waals surface area contributed by atoms with Gasteiger partial charge in [0.05, 0.1) is 31.1 Å². The van der Waals surface area contributed by atoms with E-state index in [-0.39, 0.29) is 19.4 Å². The summed E-state index contributed by atoms with van der Waals surface area (Å²) < 4.78 is 19.2.